The number of amides is 1. The second kappa shape index (κ2) is 8.32. The highest BCUT2D eigenvalue weighted by Crippen LogP contribution is 2.29. The molecule has 1 fully saturated rings. The Hall–Kier alpha value is -3.16. The predicted molar refractivity (Wildman–Crippen MR) is 125 cm³/mol. The number of hydrogen-bond donors (Lipinski definition) is 3. The van der Waals surface area contributed by atoms with Crippen LogP contribution >= 0.6 is 0 Å². The number of hydrogen-bond acceptors (Lipinski definition) is 7. The Labute approximate surface area is 192 Å². The van der Waals surface area contributed by atoms with Crippen molar-refractivity contribution in [3.05, 3.63) is 47.4 Å². The van der Waals surface area contributed by atoms with Crippen LogP contribution in [-0.4, -0.2) is 76.2 Å². The quantitative estimate of drug-likeness (QED) is 0.422. The molecule has 0 saturated carbocycles. The van der Waals surface area contributed by atoms with Gasteiger partial charge in [-0.2, -0.15) is 0 Å². The lowest BCUT2D eigenvalue weighted by molar-refractivity contribution is 0.101. The summed E-state index contributed by atoms with van der Waals surface area (Å²) in [6.45, 7) is 1.37. The molecule has 16 heteroatoms. The number of sulfonamides is 1. The lowest BCUT2D eigenvalue weighted by Crippen LogP contribution is -2.61. The fourth-order valence-corrected chi connectivity index (χ4v) is 4.63. The number of halogens is 2. The lowest BCUT2D eigenvalue weighted by Gasteiger charge is -2.39. The van der Waals surface area contributed by atoms with Gasteiger partial charge in [-0.05, 0) is 19.1 Å². The molecule has 0 radical (unpaired) electrons. The van der Waals surface area contributed by atoms with Gasteiger partial charge in [-0.1, -0.05) is 0 Å². The van der Waals surface area contributed by atoms with Gasteiger partial charge in [0, 0.05) is 18.4 Å². The van der Waals surface area contributed by atoms with Gasteiger partial charge in [0.05, 0.1) is 17.5 Å². The Morgan fingerprint density at radius 1 is 1.33 bits per heavy atom. The van der Waals surface area contributed by atoms with Crippen LogP contribution in [0.4, 0.5) is 14.6 Å². The lowest BCUT2D eigenvalue weighted by atomic mass is 9.52. The number of carbonyl (C=O) groups is 1. The number of carbonyl (C=O) groups excluding carboxylic acids is 1. The molecule has 0 spiro atoms. The summed E-state index contributed by atoms with van der Waals surface area (Å²) in [6, 6.07) is 3.16. The zero-order chi connectivity index (χ0) is 24.8. The minimum atomic E-state index is -3.90. The molecule has 1 aliphatic rings. The third-order valence-corrected chi connectivity index (χ3v) is 6.62. The van der Waals surface area contributed by atoms with Gasteiger partial charge < -0.3 is 15.4 Å². The van der Waals surface area contributed by atoms with Crippen molar-refractivity contribution in [2.75, 3.05) is 18.1 Å². The fourth-order valence-electron chi connectivity index (χ4n) is 3.18. The first-order chi connectivity index (χ1) is 15.1. The van der Waals surface area contributed by atoms with Crippen molar-refractivity contribution in [1.29, 1.82) is 5.41 Å². The number of guanidine groups is 1. The molecule has 1 saturated heterocycles. The molecule has 3 N–H and O–H groups in total. The fraction of sp³-hybridized carbons (Fsp3) is 0.294. The zero-order valence-electron chi connectivity index (χ0n) is 18.7. The molecule has 2 aromatic heterocycles. The predicted octanol–water partition coefficient (Wildman–Crippen LogP) is -2.09. The number of anilines is 1. The molecule has 10 nitrogen and oxygen atoms in total. The van der Waals surface area contributed by atoms with Crippen LogP contribution in [0, 0.1) is 17.0 Å². The first-order valence-corrected chi connectivity index (χ1v) is 11.4. The van der Waals surface area contributed by atoms with Gasteiger partial charge in [-0.15, -0.1) is 0 Å². The van der Waals surface area contributed by atoms with Gasteiger partial charge in [-0.25, -0.2) is 31.5 Å². The average molecular weight is 476 g/mol. The summed E-state index contributed by atoms with van der Waals surface area (Å²) in [7, 11) is 2.61. The van der Waals surface area contributed by atoms with E-state index in [1.165, 1.54) is 20.2 Å². The summed E-state index contributed by atoms with van der Waals surface area (Å²) in [4.78, 5) is 20.4. The van der Waals surface area contributed by atoms with E-state index < -0.39 is 55.8 Å². The molecule has 0 bridgehead atoms. The van der Waals surface area contributed by atoms with Crippen molar-refractivity contribution in [3.63, 3.8) is 0 Å². The minimum absolute atomic E-state index is 0.142. The van der Waals surface area contributed by atoms with E-state index in [9.17, 15) is 22.0 Å². The normalized spacial score (nSPS) is 20.1. The second-order valence-electron chi connectivity index (χ2n) is 8.73. The van der Waals surface area contributed by atoms with Crippen molar-refractivity contribution in [2.45, 2.75) is 17.8 Å². The van der Waals surface area contributed by atoms with Crippen LogP contribution in [0.25, 0.3) is 0 Å². The van der Waals surface area contributed by atoms with E-state index in [1.807, 2.05) is 0 Å². The van der Waals surface area contributed by atoms with Crippen LogP contribution in [0.3, 0.4) is 0 Å². The summed E-state index contributed by atoms with van der Waals surface area (Å²) in [6.07, 6.45) is 1.20. The Morgan fingerprint density at radius 2 is 2.00 bits per heavy atom. The maximum absolute atomic E-state index is 14.6. The van der Waals surface area contributed by atoms with Gasteiger partial charge in [0.1, 0.15) is 46.6 Å². The van der Waals surface area contributed by atoms with Gasteiger partial charge in [-0.3, -0.25) is 10.2 Å². The van der Waals surface area contributed by atoms with Crippen LogP contribution in [-0.2, 0) is 15.6 Å². The van der Waals surface area contributed by atoms with Gasteiger partial charge >= 0.3 is 0 Å². The molecular formula is C17H21B3F2N6O4S. The number of aromatic nitrogens is 2. The summed E-state index contributed by atoms with van der Waals surface area (Å²) in [5.74, 6) is -3.76. The Kier molecular flexibility index (Phi) is 6.17. The molecule has 0 unspecified atom stereocenters. The third kappa shape index (κ3) is 5.26. The molecule has 1 atom stereocenters. The van der Waals surface area contributed by atoms with E-state index in [4.69, 9.17) is 10.1 Å². The monoisotopic (exact) mass is 476 g/mol. The molecule has 33 heavy (non-hydrogen) atoms. The summed E-state index contributed by atoms with van der Waals surface area (Å²) in [5.41, 5.74) is -2.44. The number of rotatable bonds is 5. The summed E-state index contributed by atoms with van der Waals surface area (Å²) >= 11 is 0. The van der Waals surface area contributed by atoms with Crippen LogP contribution in [0.5, 0.6) is 5.75 Å². The molecule has 0 aromatic carbocycles. The molecule has 3 heterocycles. The number of nitrogens with one attached hydrogen (secondary N) is 3. The minimum Gasteiger partial charge on any atom is -0.512 e. The Morgan fingerprint density at radius 3 is 2.58 bits per heavy atom. The van der Waals surface area contributed by atoms with Crippen LogP contribution in [0.1, 0.15) is 23.1 Å². The first-order valence-electron chi connectivity index (χ1n) is 9.78. The second-order valence-corrected chi connectivity index (χ2v) is 10.7. The van der Waals surface area contributed by atoms with E-state index in [-0.39, 0.29) is 17.3 Å². The van der Waals surface area contributed by atoms with E-state index in [0.717, 1.165) is 22.5 Å². The van der Waals surface area contributed by atoms with Crippen LogP contribution < -0.4 is 15.4 Å². The van der Waals surface area contributed by atoms with Crippen molar-refractivity contribution in [3.8, 4) is 5.75 Å². The SMILES string of the molecule is BC(B)(B)Oc1cnc(C(=O)Nc2ccc(F)c([C@]3(C)CS(=O)(=O)N(C)C(=N)N3)n2)c(F)c1. The van der Waals surface area contributed by atoms with Crippen molar-refractivity contribution in [2.24, 2.45) is 0 Å². The third-order valence-electron chi connectivity index (χ3n) is 4.66. The highest BCUT2D eigenvalue weighted by atomic mass is 32.2. The van der Waals surface area contributed by atoms with Gasteiger partial charge in [0.15, 0.2) is 11.5 Å². The molecule has 3 rings (SSSR count). The highest BCUT2D eigenvalue weighted by Gasteiger charge is 2.44. The van der Waals surface area contributed by atoms with Gasteiger partial charge in [0.25, 0.3) is 5.91 Å². The average Bonchev–Trinajstić information content (AvgIpc) is 2.66. The molecule has 172 valence electrons. The first kappa shape index (κ1) is 24.5. The summed E-state index contributed by atoms with van der Waals surface area (Å²) < 4.78 is 60.0. The molecule has 1 amide bonds. The maximum atomic E-state index is 14.6. The van der Waals surface area contributed by atoms with Crippen LogP contribution in [0.15, 0.2) is 24.4 Å². The summed E-state index contributed by atoms with van der Waals surface area (Å²) in [5, 5.41) is 12.2. The van der Waals surface area contributed by atoms with E-state index in [1.54, 1.807) is 23.5 Å². The van der Waals surface area contributed by atoms with Crippen LogP contribution in [0.2, 0.25) is 0 Å². The van der Waals surface area contributed by atoms with Crippen molar-refractivity contribution >= 4 is 51.2 Å². The van der Waals surface area contributed by atoms with Crippen molar-refractivity contribution in [1.82, 2.24) is 19.6 Å². The molecule has 0 aliphatic carbocycles. The Balaban J connectivity index is 1.87. The largest absolute Gasteiger partial charge is 0.512 e. The van der Waals surface area contributed by atoms with E-state index in [2.05, 4.69) is 20.6 Å². The van der Waals surface area contributed by atoms with E-state index >= 15 is 0 Å². The van der Waals surface area contributed by atoms with E-state index in [0.29, 0.717) is 0 Å². The number of ether oxygens (including phenoxy) is 1. The maximum Gasteiger partial charge on any atom is 0.278 e. The smallest absolute Gasteiger partial charge is 0.278 e. The topological polar surface area (TPSA) is 137 Å². The highest BCUT2D eigenvalue weighted by molar-refractivity contribution is 7.89. The zero-order valence-corrected chi connectivity index (χ0v) is 19.5. The molecular weight excluding hydrogens is 455 g/mol. The van der Waals surface area contributed by atoms with Gasteiger partial charge in [0.2, 0.25) is 16.0 Å². The number of nitrogens with zero attached hydrogens (tertiary/aromatic N) is 3. The standard InChI is InChI=1S/C17H21B3F2N6O4S/c1-16(7-33(30,31)28(2)15(23)27-16)13-9(21)3-4-11(25-13)26-14(29)12-10(22)5-8(6-24-12)32-17(18,19)20/h3-6H,7,18-20H2,1-2H3,(H2,23,27)(H,25,26,29)/t16-/m0/s1. The molecule has 2 aromatic rings. The number of pyridine rings is 2. The molecule has 1 aliphatic heterocycles. The van der Waals surface area contributed by atoms with Crippen molar-refractivity contribution < 1.29 is 26.7 Å². The Bertz CT molecular complexity index is 1240.